The molecule has 0 fully saturated rings. The predicted octanol–water partition coefficient (Wildman–Crippen LogP) is 4.26. The number of benzene rings is 2. The SMILES string of the molecule is COc1ccc(-c2ccc(CCC(=O)NCCc3ccc(OC)c(OC)c3)o2)cc1. The highest BCUT2D eigenvalue weighted by Crippen LogP contribution is 2.27. The van der Waals surface area contributed by atoms with Crippen molar-refractivity contribution in [1.29, 1.82) is 0 Å². The molecule has 0 aliphatic carbocycles. The number of methoxy groups -OCH3 is 3. The fourth-order valence-corrected chi connectivity index (χ4v) is 3.13. The zero-order valence-corrected chi connectivity index (χ0v) is 17.6. The second kappa shape index (κ2) is 10.4. The second-order valence-corrected chi connectivity index (χ2v) is 6.78. The van der Waals surface area contributed by atoms with E-state index in [2.05, 4.69) is 5.32 Å². The Bertz CT molecular complexity index is 962. The first-order valence-electron chi connectivity index (χ1n) is 9.83. The Morgan fingerprint density at radius 2 is 1.63 bits per heavy atom. The number of carbonyl (C=O) groups is 1. The fraction of sp³-hybridized carbons (Fsp3) is 0.292. The summed E-state index contributed by atoms with van der Waals surface area (Å²) in [7, 11) is 4.85. The first kappa shape index (κ1) is 21.3. The van der Waals surface area contributed by atoms with Crippen molar-refractivity contribution >= 4 is 5.91 Å². The Balaban J connectivity index is 1.44. The average Bonchev–Trinajstić information content (AvgIpc) is 3.26. The molecule has 0 unspecified atom stereocenters. The standard InChI is InChI=1S/C24H27NO5/c1-27-19-7-5-18(6-8-19)21-12-9-20(30-21)10-13-24(26)25-15-14-17-4-11-22(28-2)23(16-17)29-3/h4-9,11-12,16H,10,13-15H2,1-3H3,(H,25,26). The van der Waals surface area contributed by atoms with E-state index in [1.165, 1.54) is 0 Å². The average molecular weight is 409 g/mol. The number of amides is 1. The minimum atomic E-state index is -0.00197. The molecule has 3 aromatic rings. The van der Waals surface area contributed by atoms with Crippen LogP contribution in [0, 0.1) is 0 Å². The number of aryl methyl sites for hydroxylation is 1. The molecule has 0 bridgehead atoms. The Kier molecular flexibility index (Phi) is 7.38. The highest BCUT2D eigenvalue weighted by Gasteiger charge is 2.09. The second-order valence-electron chi connectivity index (χ2n) is 6.78. The zero-order valence-electron chi connectivity index (χ0n) is 17.6. The number of rotatable bonds is 10. The van der Waals surface area contributed by atoms with Gasteiger partial charge in [0.05, 0.1) is 21.3 Å². The third-order valence-electron chi connectivity index (χ3n) is 4.82. The molecule has 1 N–H and O–H groups in total. The van der Waals surface area contributed by atoms with E-state index in [0.29, 0.717) is 37.3 Å². The summed E-state index contributed by atoms with van der Waals surface area (Å²) in [5, 5.41) is 2.95. The van der Waals surface area contributed by atoms with Gasteiger partial charge in [0.1, 0.15) is 17.3 Å². The minimum Gasteiger partial charge on any atom is -0.497 e. The zero-order chi connectivity index (χ0) is 21.3. The van der Waals surface area contributed by atoms with E-state index in [0.717, 1.165) is 28.4 Å². The molecule has 1 amide bonds. The molecule has 0 aliphatic rings. The summed E-state index contributed by atoms with van der Waals surface area (Å²) < 4.78 is 21.6. The lowest BCUT2D eigenvalue weighted by Gasteiger charge is -2.10. The quantitative estimate of drug-likeness (QED) is 0.542. The maximum absolute atomic E-state index is 12.2. The Morgan fingerprint density at radius 1 is 0.867 bits per heavy atom. The number of hydrogen-bond acceptors (Lipinski definition) is 5. The van der Waals surface area contributed by atoms with Crippen LogP contribution in [0.5, 0.6) is 17.2 Å². The van der Waals surface area contributed by atoms with Gasteiger partial charge in [-0.15, -0.1) is 0 Å². The molecular weight excluding hydrogens is 382 g/mol. The lowest BCUT2D eigenvalue weighted by molar-refractivity contribution is -0.121. The van der Waals surface area contributed by atoms with Crippen molar-refractivity contribution in [3.63, 3.8) is 0 Å². The summed E-state index contributed by atoms with van der Waals surface area (Å²) in [5.74, 6) is 3.75. The molecule has 1 aromatic heterocycles. The molecule has 6 heteroatoms. The molecule has 2 aromatic carbocycles. The highest BCUT2D eigenvalue weighted by molar-refractivity contribution is 5.76. The summed E-state index contributed by atoms with van der Waals surface area (Å²) in [4.78, 5) is 12.2. The summed E-state index contributed by atoms with van der Waals surface area (Å²) in [6.07, 6.45) is 1.65. The third-order valence-corrected chi connectivity index (χ3v) is 4.82. The van der Waals surface area contributed by atoms with Crippen LogP contribution in [-0.2, 0) is 17.6 Å². The number of nitrogens with one attached hydrogen (secondary N) is 1. The smallest absolute Gasteiger partial charge is 0.220 e. The number of hydrogen-bond donors (Lipinski definition) is 1. The van der Waals surface area contributed by atoms with Crippen molar-refractivity contribution in [2.75, 3.05) is 27.9 Å². The van der Waals surface area contributed by atoms with E-state index in [4.69, 9.17) is 18.6 Å². The third kappa shape index (κ3) is 5.56. The van der Waals surface area contributed by atoms with Crippen LogP contribution in [0.4, 0.5) is 0 Å². The van der Waals surface area contributed by atoms with Gasteiger partial charge in [0, 0.05) is 24.9 Å². The molecule has 3 rings (SSSR count). The first-order chi connectivity index (χ1) is 14.6. The maximum atomic E-state index is 12.2. The summed E-state index contributed by atoms with van der Waals surface area (Å²) >= 11 is 0. The normalized spacial score (nSPS) is 10.5. The van der Waals surface area contributed by atoms with E-state index < -0.39 is 0 Å². The van der Waals surface area contributed by atoms with Gasteiger partial charge in [0.25, 0.3) is 0 Å². The first-order valence-corrected chi connectivity index (χ1v) is 9.83. The van der Waals surface area contributed by atoms with Gasteiger partial charge in [0.2, 0.25) is 5.91 Å². The maximum Gasteiger partial charge on any atom is 0.220 e. The van der Waals surface area contributed by atoms with Crippen LogP contribution in [-0.4, -0.2) is 33.8 Å². The van der Waals surface area contributed by atoms with E-state index in [-0.39, 0.29) is 5.91 Å². The van der Waals surface area contributed by atoms with Gasteiger partial charge in [0.15, 0.2) is 11.5 Å². The van der Waals surface area contributed by atoms with Crippen LogP contribution in [0.1, 0.15) is 17.7 Å². The topological polar surface area (TPSA) is 69.9 Å². The van der Waals surface area contributed by atoms with Crippen molar-refractivity contribution in [3.05, 3.63) is 65.9 Å². The molecule has 0 saturated heterocycles. The van der Waals surface area contributed by atoms with Crippen LogP contribution in [0.2, 0.25) is 0 Å². The molecule has 6 nitrogen and oxygen atoms in total. The number of carbonyl (C=O) groups excluding carboxylic acids is 1. The summed E-state index contributed by atoms with van der Waals surface area (Å²) in [6, 6.07) is 17.3. The van der Waals surface area contributed by atoms with E-state index in [1.807, 2.05) is 54.6 Å². The molecule has 30 heavy (non-hydrogen) atoms. The number of ether oxygens (including phenoxy) is 3. The van der Waals surface area contributed by atoms with Gasteiger partial charge in [-0.1, -0.05) is 6.07 Å². The molecule has 0 atom stereocenters. The van der Waals surface area contributed by atoms with Crippen molar-refractivity contribution in [1.82, 2.24) is 5.32 Å². The molecule has 0 saturated carbocycles. The van der Waals surface area contributed by atoms with Gasteiger partial charge < -0.3 is 23.9 Å². The minimum absolute atomic E-state index is 0.00197. The molecule has 0 aliphatic heterocycles. The number of furan rings is 1. The van der Waals surface area contributed by atoms with Crippen LogP contribution in [0.25, 0.3) is 11.3 Å². The van der Waals surface area contributed by atoms with Gasteiger partial charge in [-0.05, 0) is 60.5 Å². The predicted molar refractivity (Wildman–Crippen MR) is 115 cm³/mol. The van der Waals surface area contributed by atoms with Gasteiger partial charge >= 0.3 is 0 Å². The van der Waals surface area contributed by atoms with Crippen LogP contribution < -0.4 is 19.5 Å². The Labute approximate surface area is 176 Å². The van der Waals surface area contributed by atoms with Crippen LogP contribution >= 0.6 is 0 Å². The Hall–Kier alpha value is -3.41. The van der Waals surface area contributed by atoms with Crippen molar-refractivity contribution in [2.24, 2.45) is 0 Å². The largest absolute Gasteiger partial charge is 0.497 e. The van der Waals surface area contributed by atoms with E-state index in [1.54, 1.807) is 21.3 Å². The molecular formula is C24H27NO5. The van der Waals surface area contributed by atoms with Gasteiger partial charge in [-0.25, -0.2) is 0 Å². The van der Waals surface area contributed by atoms with Crippen molar-refractivity contribution in [2.45, 2.75) is 19.3 Å². The summed E-state index contributed by atoms with van der Waals surface area (Å²) in [5.41, 5.74) is 2.05. The molecule has 158 valence electrons. The summed E-state index contributed by atoms with van der Waals surface area (Å²) in [6.45, 7) is 0.559. The van der Waals surface area contributed by atoms with Crippen molar-refractivity contribution < 1.29 is 23.4 Å². The van der Waals surface area contributed by atoms with E-state index in [9.17, 15) is 4.79 Å². The highest BCUT2D eigenvalue weighted by atomic mass is 16.5. The van der Waals surface area contributed by atoms with Crippen molar-refractivity contribution in [3.8, 4) is 28.6 Å². The van der Waals surface area contributed by atoms with Gasteiger partial charge in [-0.3, -0.25) is 4.79 Å². The molecule has 1 heterocycles. The molecule has 0 spiro atoms. The fourth-order valence-electron chi connectivity index (χ4n) is 3.13. The van der Waals surface area contributed by atoms with Crippen LogP contribution in [0.15, 0.2) is 59.0 Å². The lowest BCUT2D eigenvalue weighted by Crippen LogP contribution is -2.25. The van der Waals surface area contributed by atoms with Gasteiger partial charge in [-0.2, -0.15) is 0 Å². The lowest BCUT2D eigenvalue weighted by atomic mass is 10.1. The Morgan fingerprint density at radius 3 is 2.33 bits per heavy atom. The monoisotopic (exact) mass is 409 g/mol. The van der Waals surface area contributed by atoms with E-state index >= 15 is 0 Å². The molecule has 0 radical (unpaired) electrons. The van der Waals surface area contributed by atoms with Crippen LogP contribution in [0.3, 0.4) is 0 Å².